The molecule has 0 aliphatic rings. The van der Waals surface area contributed by atoms with E-state index in [-0.39, 0.29) is 13.2 Å². The maximum Gasteiger partial charge on any atom is 0.292 e. The molecule has 1 amide bonds. The molecule has 0 spiro atoms. The van der Waals surface area contributed by atoms with Crippen LogP contribution in [-0.2, 0) is 4.79 Å². The summed E-state index contributed by atoms with van der Waals surface area (Å²) in [7, 11) is 0. The summed E-state index contributed by atoms with van der Waals surface area (Å²) in [5.41, 5.74) is 1.92. The zero-order valence-corrected chi connectivity index (χ0v) is 14.4. The van der Waals surface area contributed by atoms with Gasteiger partial charge in [-0.3, -0.25) is 9.59 Å². The Morgan fingerprint density at radius 2 is 1.96 bits per heavy atom. The zero-order chi connectivity index (χ0) is 17.8. The van der Waals surface area contributed by atoms with Gasteiger partial charge in [0.05, 0.1) is 12.1 Å². The van der Waals surface area contributed by atoms with Crippen molar-refractivity contribution in [2.24, 2.45) is 0 Å². The summed E-state index contributed by atoms with van der Waals surface area (Å²) in [5, 5.41) is 3.91. The zero-order valence-electron chi connectivity index (χ0n) is 13.6. The quantitative estimate of drug-likeness (QED) is 0.403. The molecule has 0 aliphatic heterocycles. The number of carbonyl (C=O) groups excluding carboxylic acids is 2. The van der Waals surface area contributed by atoms with Gasteiger partial charge in [0, 0.05) is 21.6 Å². The van der Waals surface area contributed by atoms with Crippen LogP contribution in [0.15, 0.2) is 48.5 Å². The minimum atomic E-state index is -0.650. The molecule has 128 valence electrons. The summed E-state index contributed by atoms with van der Waals surface area (Å²) >= 11 is 5.87. The summed E-state index contributed by atoms with van der Waals surface area (Å²) < 4.78 is 5.49. The van der Waals surface area contributed by atoms with Gasteiger partial charge < -0.3 is 15.0 Å². The summed E-state index contributed by atoms with van der Waals surface area (Å²) in [6.45, 7) is 2.24. The highest BCUT2D eigenvalue weighted by Gasteiger charge is 2.22. The van der Waals surface area contributed by atoms with Crippen molar-refractivity contribution >= 4 is 34.2 Å². The number of rotatable bonds is 6. The molecule has 2 N–H and O–H groups in total. The molecule has 0 aliphatic carbocycles. The molecule has 0 atom stereocenters. The minimum Gasteiger partial charge on any atom is -0.492 e. The molecule has 2 aromatic carbocycles. The fourth-order valence-electron chi connectivity index (χ4n) is 2.65. The number of aryl methyl sites for hydroxylation is 1. The van der Waals surface area contributed by atoms with Crippen molar-refractivity contribution in [3.63, 3.8) is 0 Å². The van der Waals surface area contributed by atoms with Crippen LogP contribution in [0.4, 0.5) is 0 Å². The van der Waals surface area contributed by atoms with Crippen molar-refractivity contribution in [2.45, 2.75) is 6.92 Å². The fraction of sp³-hybridized carbons (Fsp3) is 0.158. The Labute approximate surface area is 149 Å². The Hall–Kier alpha value is -2.79. The predicted octanol–water partition coefficient (Wildman–Crippen LogP) is 3.51. The summed E-state index contributed by atoms with van der Waals surface area (Å²) in [4.78, 5) is 27.7. The maximum atomic E-state index is 12.5. The molecule has 3 rings (SSSR count). The van der Waals surface area contributed by atoms with Crippen molar-refractivity contribution in [2.75, 3.05) is 13.2 Å². The van der Waals surface area contributed by atoms with Gasteiger partial charge in [0.15, 0.2) is 0 Å². The first-order chi connectivity index (χ1) is 12.1. The third kappa shape index (κ3) is 3.83. The topological polar surface area (TPSA) is 71.2 Å². The molecule has 0 fully saturated rings. The van der Waals surface area contributed by atoms with Crippen LogP contribution in [0.5, 0.6) is 5.75 Å². The number of carbonyl (C=O) groups is 2. The number of benzene rings is 2. The molecule has 3 aromatic rings. The molecule has 0 saturated carbocycles. The van der Waals surface area contributed by atoms with E-state index in [4.69, 9.17) is 16.3 Å². The highest BCUT2D eigenvalue weighted by Crippen LogP contribution is 2.22. The Kier molecular flexibility index (Phi) is 5.05. The van der Waals surface area contributed by atoms with E-state index in [1.54, 1.807) is 31.2 Å². The number of aromatic amines is 1. The molecule has 1 aromatic heterocycles. The van der Waals surface area contributed by atoms with E-state index in [0.29, 0.717) is 22.0 Å². The summed E-state index contributed by atoms with van der Waals surface area (Å²) in [6.07, 6.45) is 0. The van der Waals surface area contributed by atoms with Crippen LogP contribution >= 0.6 is 11.6 Å². The van der Waals surface area contributed by atoms with E-state index >= 15 is 0 Å². The average molecular weight is 357 g/mol. The molecule has 0 unspecified atom stereocenters. The first kappa shape index (κ1) is 17.0. The van der Waals surface area contributed by atoms with Crippen molar-refractivity contribution in [1.82, 2.24) is 10.3 Å². The number of ketones is 1. The SMILES string of the molecule is Cc1[nH]c2ccccc2c1C(=O)C(=O)NCCOc1cccc(Cl)c1. The van der Waals surface area contributed by atoms with Crippen LogP contribution < -0.4 is 10.1 Å². The Balaban J connectivity index is 1.59. The number of amides is 1. The van der Waals surface area contributed by atoms with Crippen molar-refractivity contribution < 1.29 is 14.3 Å². The maximum absolute atomic E-state index is 12.5. The fourth-order valence-corrected chi connectivity index (χ4v) is 2.83. The molecule has 25 heavy (non-hydrogen) atoms. The minimum absolute atomic E-state index is 0.221. The summed E-state index contributed by atoms with van der Waals surface area (Å²) in [5.74, 6) is -0.596. The van der Waals surface area contributed by atoms with Crippen LogP contribution in [0.25, 0.3) is 10.9 Å². The first-order valence-corrected chi connectivity index (χ1v) is 8.22. The number of hydrogen-bond acceptors (Lipinski definition) is 3. The number of ether oxygens (including phenoxy) is 1. The van der Waals surface area contributed by atoms with Gasteiger partial charge in [-0.15, -0.1) is 0 Å². The number of fused-ring (bicyclic) bond motifs is 1. The molecule has 1 heterocycles. The standard InChI is InChI=1S/C19H17ClN2O3/c1-12-17(15-7-2-3-8-16(15)22-12)18(23)19(24)21-9-10-25-14-6-4-5-13(20)11-14/h2-8,11,22H,9-10H2,1H3,(H,21,24). The third-order valence-electron chi connectivity index (χ3n) is 3.78. The number of halogens is 1. The van der Waals surface area contributed by atoms with Crippen molar-refractivity contribution in [1.29, 1.82) is 0 Å². The van der Waals surface area contributed by atoms with Gasteiger partial charge >= 0.3 is 0 Å². The molecular formula is C19H17ClN2O3. The van der Waals surface area contributed by atoms with E-state index < -0.39 is 11.7 Å². The van der Waals surface area contributed by atoms with Crippen molar-refractivity contribution in [3.05, 3.63) is 64.8 Å². The smallest absolute Gasteiger partial charge is 0.292 e. The lowest BCUT2D eigenvalue weighted by atomic mass is 10.1. The van der Waals surface area contributed by atoms with Gasteiger partial charge in [-0.25, -0.2) is 0 Å². The van der Waals surface area contributed by atoms with Crippen LogP contribution in [0, 0.1) is 6.92 Å². The Bertz CT molecular complexity index is 933. The largest absolute Gasteiger partial charge is 0.492 e. The van der Waals surface area contributed by atoms with Gasteiger partial charge in [-0.05, 0) is 31.2 Å². The Morgan fingerprint density at radius 1 is 1.16 bits per heavy atom. The monoisotopic (exact) mass is 356 g/mol. The van der Waals surface area contributed by atoms with Gasteiger partial charge in [0.1, 0.15) is 12.4 Å². The van der Waals surface area contributed by atoms with E-state index in [1.807, 2.05) is 24.3 Å². The molecule has 0 bridgehead atoms. The average Bonchev–Trinajstić information content (AvgIpc) is 2.93. The van der Waals surface area contributed by atoms with Gasteiger partial charge in [0.25, 0.3) is 11.7 Å². The summed E-state index contributed by atoms with van der Waals surface area (Å²) in [6, 6.07) is 14.4. The van der Waals surface area contributed by atoms with E-state index in [0.717, 1.165) is 10.9 Å². The Morgan fingerprint density at radius 3 is 2.76 bits per heavy atom. The van der Waals surface area contributed by atoms with E-state index in [1.165, 1.54) is 0 Å². The third-order valence-corrected chi connectivity index (χ3v) is 4.01. The van der Waals surface area contributed by atoms with Crippen LogP contribution in [0.3, 0.4) is 0 Å². The molecule has 6 heteroatoms. The number of hydrogen-bond donors (Lipinski definition) is 2. The lowest BCUT2D eigenvalue weighted by Crippen LogP contribution is -2.34. The van der Waals surface area contributed by atoms with Gasteiger partial charge in [-0.2, -0.15) is 0 Å². The lowest BCUT2D eigenvalue weighted by Gasteiger charge is -2.07. The molecule has 5 nitrogen and oxygen atoms in total. The molecule has 0 radical (unpaired) electrons. The second-order valence-electron chi connectivity index (χ2n) is 5.56. The normalized spacial score (nSPS) is 10.6. The van der Waals surface area contributed by atoms with E-state index in [9.17, 15) is 9.59 Å². The van der Waals surface area contributed by atoms with Gasteiger partial charge in [-0.1, -0.05) is 35.9 Å². The number of para-hydroxylation sites is 1. The van der Waals surface area contributed by atoms with Gasteiger partial charge in [0.2, 0.25) is 0 Å². The lowest BCUT2D eigenvalue weighted by molar-refractivity contribution is -0.117. The molecule has 0 saturated heterocycles. The van der Waals surface area contributed by atoms with Crippen LogP contribution in [0.1, 0.15) is 16.1 Å². The second-order valence-corrected chi connectivity index (χ2v) is 6.00. The molecular weight excluding hydrogens is 340 g/mol. The highest BCUT2D eigenvalue weighted by molar-refractivity contribution is 6.45. The van der Waals surface area contributed by atoms with Crippen LogP contribution in [0.2, 0.25) is 5.02 Å². The number of aromatic nitrogens is 1. The number of nitrogens with one attached hydrogen (secondary N) is 2. The first-order valence-electron chi connectivity index (χ1n) is 7.84. The highest BCUT2D eigenvalue weighted by atomic mass is 35.5. The van der Waals surface area contributed by atoms with Crippen molar-refractivity contribution in [3.8, 4) is 5.75 Å². The second kappa shape index (κ2) is 7.40. The van der Waals surface area contributed by atoms with Crippen LogP contribution in [-0.4, -0.2) is 29.8 Å². The van der Waals surface area contributed by atoms with E-state index in [2.05, 4.69) is 10.3 Å². The predicted molar refractivity (Wildman–Crippen MR) is 97.3 cm³/mol. The number of H-pyrrole nitrogens is 1. The number of Topliss-reactive ketones (excluding diaryl/α,β-unsaturated/α-hetero) is 1.